The minimum Gasteiger partial charge on any atom is -0.382 e. The van der Waals surface area contributed by atoms with Gasteiger partial charge in [0.05, 0.1) is 12.6 Å². The number of methoxy groups -OCH3 is 1. The average Bonchev–Trinajstić information content (AvgIpc) is 3.11. The van der Waals surface area contributed by atoms with Crippen molar-refractivity contribution >= 4 is 29.4 Å². The number of ether oxygens (including phenoxy) is 1. The van der Waals surface area contributed by atoms with Crippen LogP contribution in [-0.4, -0.2) is 48.4 Å². The first-order chi connectivity index (χ1) is 16.3. The van der Waals surface area contributed by atoms with Crippen molar-refractivity contribution < 1.29 is 32.7 Å². The van der Waals surface area contributed by atoms with E-state index in [1.807, 2.05) is 0 Å². The average molecular weight is 472 g/mol. The van der Waals surface area contributed by atoms with Gasteiger partial charge in [0.1, 0.15) is 6.04 Å². The highest BCUT2D eigenvalue weighted by Gasteiger charge is 2.39. The van der Waals surface area contributed by atoms with E-state index < -0.39 is 35.7 Å². The molecule has 2 aliphatic heterocycles. The van der Waals surface area contributed by atoms with Gasteiger partial charge in [-0.3, -0.25) is 19.7 Å². The van der Waals surface area contributed by atoms with Crippen LogP contribution in [0.25, 0.3) is 0 Å². The van der Waals surface area contributed by atoms with Crippen molar-refractivity contribution in [3.05, 3.63) is 64.7 Å². The van der Waals surface area contributed by atoms with E-state index in [0.29, 0.717) is 22.4 Å². The summed E-state index contributed by atoms with van der Waals surface area (Å²) in [6, 6.07) is 5.96. The van der Waals surface area contributed by atoms with Crippen molar-refractivity contribution in [2.24, 2.45) is 0 Å². The molecule has 178 valence electrons. The molecule has 1 saturated heterocycles. The van der Waals surface area contributed by atoms with Gasteiger partial charge in [-0.1, -0.05) is 6.07 Å². The summed E-state index contributed by atoms with van der Waals surface area (Å²) in [5.74, 6) is -3.22. The lowest BCUT2D eigenvalue weighted by molar-refractivity contribution is -0.136. The summed E-state index contributed by atoms with van der Waals surface area (Å²) >= 11 is 0. The zero-order valence-electron chi connectivity index (χ0n) is 18.2. The minimum absolute atomic E-state index is 0.0259. The van der Waals surface area contributed by atoms with Gasteiger partial charge in [-0.2, -0.15) is 0 Å². The van der Waals surface area contributed by atoms with Gasteiger partial charge < -0.3 is 20.3 Å². The van der Waals surface area contributed by atoms with E-state index in [1.165, 1.54) is 18.1 Å². The highest BCUT2D eigenvalue weighted by Crippen LogP contribution is 2.29. The Bertz CT molecular complexity index is 1170. The van der Waals surface area contributed by atoms with Crippen LogP contribution in [0, 0.1) is 11.6 Å². The molecule has 2 aromatic carbocycles. The number of urea groups is 1. The highest BCUT2D eigenvalue weighted by molar-refractivity contribution is 6.05. The fourth-order valence-electron chi connectivity index (χ4n) is 4.09. The Hall–Kier alpha value is -3.86. The molecule has 9 nitrogen and oxygen atoms in total. The maximum Gasteiger partial charge on any atom is 0.319 e. The van der Waals surface area contributed by atoms with Gasteiger partial charge in [0.15, 0.2) is 11.6 Å². The molecule has 34 heavy (non-hydrogen) atoms. The number of fused-ring (bicyclic) bond motifs is 1. The molecule has 1 fully saturated rings. The van der Waals surface area contributed by atoms with E-state index >= 15 is 0 Å². The molecule has 5 amide bonds. The van der Waals surface area contributed by atoms with E-state index in [-0.39, 0.29) is 37.8 Å². The van der Waals surface area contributed by atoms with Gasteiger partial charge in [-0.15, -0.1) is 0 Å². The number of rotatable bonds is 6. The van der Waals surface area contributed by atoms with Gasteiger partial charge >= 0.3 is 6.03 Å². The minimum atomic E-state index is -1.04. The quantitative estimate of drug-likeness (QED) is 0.558. The van der Waals surface area contributed by atoms with E-state index in [1.54, 1.807) is 18.2 Å². The molecule has 2 aromatic rings. The number of hydrogen-bond donors (Lipinski definition) is 3. The fourth-order valence-corrected chi connectivity index (χ4v) is 4.09. The SMILES string of the molecule is COCC(NC(=O)Nc1ccc2c(c1)CN(C1CCC(=O)NC1=O)C2=O)c1ccc(F)c(F)c1. The van der Waals surface area contributed by atoms with Crippen LogP contribution in [-0.2, 0) is 20.9 Å². The summed E-state index contributed by atoms with van der Waals surface area (Å²) in [6.07, 6.45) is 0.410. The standard InChI is InChI=1S/C23H22F2N4O5/c1-34-11-18(12-2-5-16(24)17(25)9-12)27-23(33)26-14-3-4-15-13(8-14)10-29(22(15)32)19-6-7-20(30)28-21(19)31/h2-5,8-9,18-19H,6-7,10-11H2,1H3,(H2,26,27,33)(H,28,30,31). The number of piperidine rings is 1. The van der Waals surface area contributed by atoms with Crippen LogP contribution in [0.4, 0.5) is 19.3 Å². The Morgan fingerprint density at radius 2 is 1.97 bits per heavy atom. The van der Waals surface area contributed by atoms with Crippen LogP contribution >= 0.6 is 0 Å². The van der Waals surface area contributed by atoms with Gasteiger partial charge in [0, 0.05) is 31.3 Å². The number of anilines is 1. The maximum atomic E-state index is 13.6. The second-order valence-electron chi connectivity index (χ2n) is 8.05. The largest absolute Gasteiger partial charge is 0.382 e. The van der Waals surface area contributed by atoms with Crippen molar-refractivity contribution in [2.45, 2.75) is 31.5 Å². The molecule has 0 bridgehead atoms. The number of nitrogens with zero attached hydrogens (tertiary/aromatic N) is 1. The van der Waals surface area contributed by atoms with Gasteiger partial charge in [-0.05, 0) is 47.9 Å². The molecule has 2 atom stereocenters. The summed E-state index contributed by atoms with van der Waals surface area (Å²) in [6.45, 7) is 0.191. The monoisotopic (exact) mass is 472 g/mol. The van der Waals surface area contributed by atoms with Crippen molar-refractivity contribution in [3.63, 3.8) is 0 Å². The lowest BCUT2D eigenvalue weighted by Gasteiger charge is -2.29. The number of carbonyl (C=O) groups is 4. The van der Waals surface area contributed by atoms with Crippen molar-refractivity contribution in [3.8, 4) is 0 Å². The lowest BCUT2D eigenvalue weighted by atomic mass is 10.0. The van der Waals surface area contributed by atoms with Crippen LogP contribution in [0.1, 0.15) is 40.4 Å². The van der Waals surface area contributed by atoms with Crippen molar-refractivity contribution in [1.82, 2.24) is 15.5 Å². The Morgan fingerprint density at radius 1 is 1.18 bits per heavy atom. The Morgan fingerprint density at radius 3 is 2.68 bits per heavy atom. The summed E-state index contributed by atoms with van der Waals surface area (Å²) in [5.41, 5.74) is 1.77. The molecule has 2 aliphatic rings. The number of halogens is 2. The molecule has 0 aromatic heterocycles. The number of benzene rings is 2. The molecule has 0 saturated carbocycles. The van der Waals surface area contributed by atoms with Crippen LogP contribution < -0.4 is 16.0 Å². The summed E-state index contributed by atoms with van der Waals surface area (Å²) in [5, 5.41) is 7.55. The predicted octanol–water partition coefficient (Wildman–Crippen LogP) is 2.24. The number of amides is 5. The van der Waals surface area contributed by atoms with E-state index in [2.05, 4.69) is 16.0 Å². The second kappa shape index (κ2) is 9.56. The van der Waals surface area contributed by atoms with Crippen LogP contribution in [0.5, 0.6) is 0 Å². The van der Waals surface area contributed by atoms with Crippen LogP contribution in [0.15, 0.2) is 36.4 Å². The summed E-state index contributed by atoms with van der Waals surface area (Å²) in [7, 11) is 1.41. The van der Waals surface area contributed by atoms with Crippen LogP contribution in [0.2, 0.25) is 0 Å². The topological polar surface area (TPSA) is 117 Å². The third kappa shape index (κ3) is 4.74. The lowest BCUT2D eigenvalue weighted by Crippen LogP contribution is -2.52. The summed E-state index contributed by atoms with van der Waals surface area (Å²) < 4.78 is 31.9. The van der Waals surface area contributed by atoms with E-state index in [0.717, 1.165) is 12.1 Å². The van der Waals surface area contributed by atoms with Crippen LogP contribution in [0.3, 0.4) is 0 Å². The van der Waals surface area contributed by atoms with Gasteiger partial charge in [0.25, 0.3) is 5.91 Å². The van der Waals surface area contributed by atoms with Gasteiger partial charge in [0.2, 0.25) is 11.8 Å². The van der Waals surface area contributed by atoms with E-state index in [9.17, 15) is 28.0 Å². The Kier molecular flexibility index (Phi) is 6.55. The highest BCUT2D eigenvalue weighted by atomic mass is 19.2. The Labute approximate surface area is 193 Å². The first-order valence-electron chi connectivity index (χ1n) is 10.6. The molecule has 0 spiro atoms. The van der Waals surface area contributed by atoms with Crippen molar-refractivity contribution in [2.75, 3.05) is 19.0 Å². The number of nitrogens with one attached hydrogen (secondary N) is 3. The third-order valence-corrected chi connectivity index (χ3v) is 5.77. The molecule has 0 radical (unpaired) electrons. The predicted molar refractivity (Wildman–Crippen MR) is 116 cm³/mol. The fraction of sp³-hybridized carbons (Fsp3) is 0.304. The molecule has 2 unspecified atom stereocenters. The number of imide groups is 1. The normalized spacial score (nSPS) is 18.4. The number of carbonyl (C=O) groups excluding carboxylic acids is 4. The zero-order valence-corrected chi connectivity index (χ0v) is 18.2. The molecule has 3 N–H and O–H groups in total. The molecule has 11 heteroatoms. The second-order valence-corrected chi connectivity index (χ2v) is 8.05. The maximum absolute atomic E-state index is 13.6. The molecule has 4 rings (SSSR count). The third-order valence-electron chi connectivity index (χ3n) is 5.77. The van der Waals surface area contributed by atoms with Gasteiger partial charge in [-0.25, -0.2) is 13.6 Å². The molecular weight excluding hydrogens is 450 g/mol. The first-order valence-corrected chi connectivity index (χ1v) is 10.6. The Balaban J connectivity index is 1.44. The summed E-state index contributed by atoms with van der Waals surface area (Å²) in [4.78, 5) is 50.3. The zero-order chi connectivity index (χ0) is 24.4. The van der Waals surface area contributed by atoms with Crippen molar-refractivity contribution in [1.29, 1.82) is 0 Å². The molecule has 2 heterocycles. The smallest absolute Gasteiger partial charge is 0.319 e. The molecule has 0 aliphatic carbocycles. The molecular formula is C23H22F2N4O5. The number of hydrogen-bond acceptors (Lipinski definition) is 5. The van der Waals surface area contributed by atoms with E-state index in [4.69, 9.17) is 4.74 Å². The first kappa shape index (κ1) is 23.3.